The summed E-state index contributed by atoms with van der Waals surface area (Å²) in [4.78, 5) is 10.3. The molecule has 0 bridgehead atoms. The highest BCUT2D eigenvalue weighted by Crippen LogP contribution is 2.31. The molecular formula is C12H17Cl2N3O4S. The molecule has 10 heteroatoms. The number of halogens is 2. The second-order valence-corrected chi connectivity index (χ2v) is 7.27. The molecule has 1 fully saturated rings. The zero-order chi connectivity index (χ0) is 15.8. The Balaban J connectivity index is 0.00000242. The van der Waals surface area contributed by atoms with E-state index in [0.29, 0.717) is 19.6 Å². The minimum absolute atomic E-state index is 0. The first-order valence-corrected chi connectivity index (χ1v) is 8.24. The molecule has 2 rings (SSSR count). The Bertz CT molecular complexity index is 681. The second-order valence-electron chi connectivity index (χ2n) is 4.98. The highest BCUT2D eigenvalue weighted by molar-refractivity contribution is 7.89. The van der Waals surface area contributed by atoms with Gasteiger partial charge in [0, 0.05) is 37.3 Å². The Labute approximate surface area is 140 Å². The van der Waals surface area contributed by atoms with Crippen LogP contribution in [-0.4, -0.2) is 43.3 Å². The topological polar surface area (TPSA) is 92.6 Å². The molecule has 1 aliphatic heterocycles. The number of rotatable bonds is 3. The molecule has 124 valence electrons. The van der Waals surface area contributed by atoms with Crippen LogP contribution in [0.4, 0.5) is 5.69 Å². The van der Waals surface area contributed by atoms with Crippen LogP contribution in [0.15, 0.2) is 17.0 Å². The standard InChI is InChI=1S/C12H16ClN3O4S.ClH/c1-8-7-14-3-4-15(8)21(19,20)10-5-11(13)9(2)12(6-10)16(17)18;/h5-6,8,14H,3-4,7H2,1-2H3;1H/t8-;/m1./s1. The van der Waals surface area contributed by atoms with Crippen LogP contribution in [-0.2, 0) is 10.0 Å². The Morgan fingerprint density at radius 3 is 2.64 bits per heavy atom. The predicted molar refractivity (Wildman–Crippen MR) is 86.3 cm³/mol. The molecule has 1 atom stereocenters. The van der Waals surface area contributed by atoms with E-state index in [9.17, 15) is 18.5 Å². The molecule has 0 aromatic heterocycles. The Hall–Kier alpha value is -0.930. The Morgan fingerprint density at radius 1 is 1.45 bits per heavy atom. The first-order valence-electron chi connectivity index (χ1n) is 6.42. The SMILES string of the molecule is Cc1c(Cl)cc(S(=O)(=O)N2CCNC[C@H]2C)cc1[N+](=O)[O-].Cl. The van der Waals surface area contributed by atoms with Gasteiger partial charge >= 0.3 is 0 Å². The van der Waals surface area contributed by atoms with Crippen LogP contribution in [0.1, 0.15) is 12.5 Å². The molecule has 0 spiro atoms. The minimum atomic E-state index is -3.80. The van der Waals surface area contributed by atoms with Gasteiger partial charge in [-0.3, -0.25) is 10.1 Å². The van der Waals surface area contributed by atoms with Gasteiger partial charge in [0.25, 0.3) is 5.69 Å². The maximum Gasteiger partial charge on any atom is 0.275 e. The van der Waals surface area contributed by atoms with E-state index in [1.807, 2.05) is 0 Å². The number of nitro groups is 1. The lowest BCUT2D eigenvalue weighted by Crippen LogP contribution is -2.52. The maximum absolute atomic E-state index is 12.7. The van der Waals surface area contributed by atoms with Gasteiger partial charge in [-0.25, -0.2) is 8.42 Å². The van der Waals surface area contributed by atoms with Gasteiger partial charge < -0.3 is 5.32 Å². The predicted octanol–water partition coefficient (Wildman–Crippen LogP) is 1.96. The highest BCUT2D eigenvalue weighted by Gasteiger charge is 2.32. The molecule has 1 aromatic rings. The van der Waals surface area contributed by atoms with Crippen LogP contribution in [0.2, 0.25) is 5.02 Å². The van der Waals surface area contributed by atoms with Gasteiger partial charge in [-0.1, -0.05) is 11.6 Å². The van der Waals surface area contributed by atoms with Gasteiger partial charge in [0.1, 0.15) is 0 Å². The van der Waals surface area contributed by atoms with Crippen molar-refractivity contribution in [3.8, 4) is 0 Å². The molecule has 1 saturated heterocycles. The summed E-state index contributed by atoms with van der Waals surface area (Å²) in [6.07, 6.45) is 0. The summed E-state index contributed by atoms with van der Waals surface area (Å²) in [6.45, 7) is 4.69. The number of nitrogens with one attached hydrogen (secondary N) is 1. The summed E-state index contributed by atoms with van der Waals surface area (Å²) in [5, 5.41) is 14.2. The molecule has 0 amide bonds. The molecule has 0 aliphatic carbocycles. The van der Waals surface area contributed by atoms with Crippen LogP contribution in [0, 0.1) is 17.0 Å². The van der Waals surface area contributed by atoms with Crippen molar-refractivity contribution in [2.45, 2.75) is 24.8 Å². The summed E-state index contributed by atoms with van der Waals surface area (Å²) in [5.41, 5.74) is -0.0298. The maximum atomic E-state index is 12.7. The van der Waals surface area contributed by atoms with Crippen LogP contribution in [0.3, 0.4) is 0 Å². The number of sulfonamides is 1. The van der Waals surface area contributed by atoms with Crippen LogP contribution >= 0.6 is 24.0 Å². The van der Waals surface area contributed by atoms with Gasteiger partial charge in [0.2, 0.25) is 10.0 Å². The van der Waals surface area contributed by atoms with Crippen molar-refractivity contribution in [3.63, 3.8) is 0 Å². The molecule has 1 heterocycles. The quantitative estimate of drug-likeness (QED) is 0.649. The van der Waals surface area contributed by atoms with Crippen molar-refractivity contribution in [2.24, 2.45) is 0 Å². The van der Waals surface area contributed by atoms with Crippen LogP contribution in [0.25, 0.3) is 0 Å². The van der Waals surface area contributed by atoms with Crippen molar-refractivity contribution in [1.29, 1.82) is 0 Å². The van der Waals surface area contributed by atoms with Gasteiger partial charge in [-0.2, -0.15) is 4.31 Å². The van der Waals surface area contributed by atoms with Gasteiger partial charge in [-0.15, -0.1) is 12.4 Å². The molecule has 0 unspecified atom stereocenters. The van der Waals surface area contributed by atoms with Gasteiger partial charge in [0.15, 0.2) is 0 Å². The van der Waals surface area contributed by atoms with Gasteiger partial charge in [0.05, 0.1) is 14.8 Å². The first-order chi connectivity index (χ1) is 9.75. The number of hydrogen-bond donors (Lipinski definition) is 1. The fourth-order valence-electron chi connectivity index (χ4n) is 2.29. The van der Waals surface area contributed by atoms with Crippen LogP contribution in [0.5, 0.6) is 0 Å². The Morgan fingerprint density at radius 2 is 2.09 bits per heavy atom. The van der Waals surface area contributed by atoms with E-state index < -0.39 is 14.9 Å². The van der Waals surface area contributed by atoms with E-state index in [1.165, 1.54) is 17.3 Å². The van der Waals surface area contributed by atoms with E-state index in [0.717, 1.165) is 6.07 Å². The Kier molecular flexibility index (Phi) is 6.17. The van der Waals surface area contributed by atoms with E-state index in [2.05, 4.69) is 5.32 Å². The van der Waals surface area contributed by atoms with Gasteiger partial charge in [-0.05, 0) is 19.9 Å². The third-order valence-electron chi connectivity index (χ3n) is 3.53. The molecule has 0 radical (unpaired) electrons. The third-order valence-corrected chi connectivity index (χ3v) is 5.92. The lowest BCUT2D eigenvalue weighted by Gasteiger charge is -2.32. The van der Waals surface area contributed by atoms with Crippen molar-refractivity contribution in [2.75, 3.05) is 19.6 Å². The van der Waals surface area contributed by atoms with Crippen molar-refractivity contribution in [1.82, 2.24) is 9.62 Å². The van der Waals surface area contributed by atoms with E-state index >= 15 is 0 Å². The summed E-state index contributed by atoms with van der Waals surface area (Å²) >= 11 is 5.94. The number of nitrogens with zero attached hydrogens (tertiary/aromatic N) is 2. The van der Waals surface area contributed by atoms with Crippen molar-refractivity contribution >= 4 is 39.7 Å². The number of benzene rings is 1. The molecule has 7 nitrogen and oxygen atoms in total. The molecule has 1 aromatic carbocycles. The second kappa shape index (κ2) is 7.10. The number of piperazine rings is 1. The molecule has 0 saturated carbocycles. The summed E-state index contributed by atoms with van der Waals surface area (Å²) in [5.74, 6) is 0. The van der Waals surface area contributed by atoms with Crippen LogP contribution < -0.4 is 5.32 Å². The summed E-state index contributed by atoms with van der Waals surface area (Å²) in [7, 11) is -3.80. The van der Waals surface area contributed by atoms with E-state index in [4.69, 9.17) is 11.6 Å². The summed E-state index contributed by atoms with van der Waals surface area (Å²) < 4.78 is 26.6. The molecular weight excluding hydrogens is 353 g/mol. The molecule has 1 aliphatic rings. The van der Waals surface area contributed by atoms with E-state index in [-0.39, 0.29) is 39.6 Å². The average Bonchev–Trinajstić information content (AvgIpc) is 2.41. The lowest BCUT2D eigenvalue weighted by atomic mass is 10.2. The number of hydrogen-bond acceptors (Lipinski definition) is 5. The smallest absolute Gasteiger partial charge is 0.275 e. The van der Waals surface area contributed by atoms with Crippen molar-refractivity contribution in [3.05, 3.63) is 32.8 Å². The monoisotopic (exact) mass is 369 g/mol. The third kappa shape index (κ3) is 3.52. The number of nitro benzene ring substituents is 1. The fraction of sp³-hybridized carbons (Fsp3) is 0.500. The normalized spacial score (nSPS) is 19.5. The molecule has 22 heavy (non-hydrogen) atoms. The largest absolute Gasteiger partial charge is 0.314 e. The average molecular weight is 370 g/mol. The lowest BCUT2D eigenvalue weighted by molar-refractivity contribution is -0.385. The zero-order valence-electron chi connectivity index (χ0n) is 12.1. The highest BCUT2D eigenvalue weighted by atomic mass is 35.5. The first kappa shape index (κ1) is 19.1. The minimum Gasteiger partial charge on any atom is -0.314 e. The van der Waals surface area contributed by atoms with Crippen molar-refractivity contribution < 1.29 is 13.3 Å². The fourth-order valence-corrected chi connectivity index (χ4v) is 4.25. The zero-order valence-corrected chi connectivity index (χ0v) is 14.5. The summed E-state index contributed by atoms with van der Waals surface area (Å²) in [6, 6.07) is 2.13. The molecule has 1 N–H and O–H groups in total. The van der Waals surface area contributed by atoms with E-state index in [1.54, 1.807) is 6.92 Å².